The molecule has 0 aliphatic rings. The molecule has 0 saturated carbocycles. The molecule has 36 heavy (non-hydrogen) atoms. The second kappa shape index (κ2) is 10.1. The Morgan fingerprint density at radius 3 is 2.08 bits per heavy atom. The van der Waals surface area contributed by atoms with Crippen molar-refractivity contribution in [3.05, 3.63) is 132 Å². The van der Waals surface area contributed by atoms with E-state index < -0.39 is 11.9 Å². The van der Waals surface area contributed by atoms with E-state index in [1.54, 1.807) is 24.3 Å². The van der Waals surface area contributed by atoms with Crippen LogP contribution < -0.4 is 4.74 Å². The molecule has 0 bridgehead atoms. The van der Waals surface area contributed by atoms with Crippen LogP contribution in [0.1, 0.15) is 15.9 Å². The van der Waals surface area contributed by atoms with Crippen LogP contribution in [0.3, 0.4) is 0 Å². The van der Waals surface area contributed by atoms with Gasteiger partial charge in [-0.3, -0.25) is 0 Å². The van der Waals surface area contributed by atoms with Crippen LogP contribution in [-0.4, -0.2) is 17.0 Å². The van der Waals surface area contributed by atoms with Gasteiger partial charge in [0, 0.05) is 11.5 Å². The summed E-state index contributed by atoms with van der Waals surface area (Å²) in [6, 6.07) is 35.7. The molecule has 5 aromatic rings. The molecule has 4 heteroatoms. The maximum absolute atomic E-state index is 12.7. The number of carboxylic acids is 1. The van der Waals surface area contributed by atoms with Crippen LogP contribution in [0.4, 0.5) is 0 Å². The molecule has 174 valence electrons. The monoisotopic (exact) mass is 470 g/mol. The molecule has 0 aliphatic heterocycles. The van der Waals surface area contributed by atoms with Crippen molar-refractivity contribution in [3.63, 3.8) is 0 Å². The molecule has 5 aromatic carbocycles. The number of aromatic carboxylic acids is 1. The molecule has 1 N–H and O–H groups in total. The van der Waals surface area contributed by atoms with Crippen molar-refractivity contribution in [2.75, 3.05) is 0 Å². The third-order valence-electron chi connectivity index (χ3n) is 5.93. The van der Waals surface area contributed by atoms with Crippen molar-refractivity contribution in [3.8, 4) is 28.0 Å². The van der Waals surface area contributed by atoms with Crippen LogP contribution in [0.25, 0.3) is 39.1 Å². The highest BCUT2D eigenvalue weighted by atomic mass is 16.5. The fraction of sp³-hybridized carbons (Fsp3) is 0. The Kier molecular flexibility index (Phi) is 6.41. The van der Waals surface area contributed by atoms with E-state index in [1.807, 2.05) is 97.1 Å². The van der Waals surface area contributed by atoms with Gasteiger partial charge in [0.1, 0.15) is 5.75 Å². The minimum absolute atomic E-state index is 0.182. The first-order valence-electron chi connectivity index (χ1n) is 11.5. The summed E-state index contributed by atoms with van der Waals surface area (Å²) < 4.78 is 5.79. The predicted octanol–water partition coefficient (Wildman–Crippen LogP) is 7.49. The van der Waals surface area contributed by atoms with E-state index >= 15 is 0 Å². The molecule has 0 amide bonds. The van der Waals surface area contributed by atoms with Crippen LogP contribution in [0, 0.1) is 0 Å². The highest BCUT2D eigenvalue weighted by Crippen LogP contribution is 2.40. The topological polar surface area (TPSA) is 63.6 Å². The van der Waals surface area contributed by atoms with Gasteiger partial charge in [0.2, 0.25) is 0 Å². The molecular weight excluding hydrogens is 448 g/mol. The molecule has 0 aliphatic carbocycles. The van der Waals surface area contributed by atoms with Crippen molar-refractivity contribution >= 4 is 28.8 Å². The second-order valence-corrected chi connectivity index (χ2v) is 8.26. The van der Waals surface area contributed by atoms with Crippen molar-refractivity contribution in [1.29, 1.82) is 0 Å². The van der Waals surface area contributed by atoms with Crippen molar-refractivity contribution in [2.45, 2.75) is 0 Å². The summed E-state index contributed by atoms with van der Waals surface area (Å²) in [7, 11) is 0. The third-order valence-corrected chi connectivity index (χ3v) is 5.93. The fourth-order valence-electron chi connectivity index (χ4n) is 4.26. The highest BCUT2D eigenvalue weighted by molar-refractivity contribution is 6.06. The molecule has 0 fully saturated rings. The van der Waals surface area contributed by atoms with Crippen molar-refractivity contribution < 1.29 is 19.4 Å². The summed E-state index contributed by atoms with van der Waals surface area (Å²) in [6.45, 7) is 0. The Hall–Kier alpha value is -4.96. The van der Waals surface area contributed by atoms with E-state index in [9.17, 15) is 14.7 Å². The van der Waals surface area contributed by atoms with E-state index in [0.717, 1.165) is 38.6 Å². The van der Waals surface area contributed by atoms with E-state index in [-0.39, 0.29) is 5.56 Å². The molecule has 4 nitrogen and oxygen atoms in total. The second-order valence-electron chi connectivity index (χ2n) is 8.26. The average molecular weight is 471 g/mol. The lowest BCUT2D eigenvalue weighted by molar-refractivity contribution is -0.128. The number of ether oxygens (including phenoxy) is 1. The lowest BCUT2D eigenvalue weighted by atomic mass is 9.90. The molecule has 0 radical (unpaired) electrons. The molecule has 0 unspecified atom stereocenters. The Balaban J connectivity index is 1.64. The van der Waals surface area contributed by atoms with E-state index in [2.05, 4.69) is 0 Å². The number of benzene rings is 5. The SMILES string of the molecule is O=C(/C=C/c1ccccc1)Oc1cccc2cccc(-c3cc(C(=O)O)ccc3-c3ccccc3)c12. The summed E-state index contributed by atoms with van der Waals surface area (Å²) in [6.07, 6.45) is 3.11. The standard InChI is InChI=1S/C32H22O4/c33-30(20-17-22-9-3-1-4-10-22)36-29-16-8-14-24-13-7-15-27(31(24)29)28-21-25(32(34)35)18-19-26(28)23-11-5-2-6-12-23/h1-21H,(H,34,35)/b20-17+. The van der Waals surface area contributed by atoms with Crippen molar-refractivity contribution in [2.24, 2.45) is 0 Å². The van der Waals surface area contributed by atoms with Gasteiger partial charge in [-0.15, -0.1) is 0 Å². The van der Waals surface area contributed by atoms with Gasteiger partial charge >= 0.3 is 11.9 Å². The number of carboxylic acid groups (broad SMARTS) is 1. The molecular formula is C32H22O4. The normalized spacial score (nSPS) is 11.0. The Morgan fingerprint density at radius 1 is 0.667 bits per heavy atom. The molecule has 0 atom stereocenters. The van der Waals surface area contributed by atoms with Gasteiger partial charge in [0.25, 0.3) is 0 Å². The quantitative estimate of drug-likeness (QED) is 0.159. The molecule has 0 aromatic heterocycles. The zero-order valence-corrected chi connectivity index (χ0v) is 19.3. The first-order valence-corrected chi connectivity index (χ1v) is 11.5. The van der Waals surface area contributed by atoms with Crippen LogP contribution in [0.5, 0.6) is 5.75 Å². The number of hydrogen-bond donors (Lipinski definition) is 1. The average Bonchev–Trinajstić information content (AvgIpc) is 2.92. The summed E-state index contributed by atoms with van der Waals surface area (Å²) >= 11 is 0. The minimum atomic E-state index is -1.01. The molecule has 0 saturated heterocycles. The summed E-state index contributed by atoms with van der Waals surface area (Å²) in [5.41, 5.74) is 4.45. The number of hydrogen-bond acceptors (Lipinski definition) is 3. The van der Waals surface area contributed by atoms with Gasteiger partial charge < -0.3 is 9.84 Å². The summed E-state index contributed by atoms with van der Waals surface area (Å²) in [5, 5.41) is 11.3. The van der Waals surface area contributed by atoms with Crippen molar-refractivity contribution in [1.82, 2.24) is 0 Å². The van der Waals surface area contributed by atoms with Gasteiger partial charge in [-0.1, -0.05) is 97.1 Å². The molecule has 0 heterocycles. The van der Waals surface area contributed by atoms with Gasteiger partial charge in [-0.2, -0.15) is 0 Å². The van der Waals surface area contributed by atoms with Crippen LogP contribution >= 0.6 is 0 Å². The highest BCUT2D eigenvalue weighted by Gasteiger charge is 2.17. The minimum Gasteiger partial charge on any atom is -0.478 e. The molecule has 5 rings (SSSR count). The lowest BCUT2D eigenvalue weighted by Crippen LogP contribution is -2.04. The number of carbonyl (C=O) groups is 2. The van der Waals surface area contributed by atoms with Gasteiger partial charge in [0.15, 0.2) is 0 Å². The zero-order chi connectivity index (χ0) is 24.9. The summed E-state index contributed by atoms with van der Waals surface area (Å²) in [5.74, 6) is -1.09. The fourth-order valence-corrected chi connectivity index (χ4v) is 4.26. The number of carbonyl (C=O) groups excluding carboxylic acids is 1. The Morgan fingerprint density at radius 2 is 1.36 bits per heavy atom. The Bertz CT molecular complexity index is 1580. The van der Waals surface area contributed by atoms with Gasteiger partial charge in [0.05, 0.1) is 5.56 Å². The smallest absolute Gasteiger partial charge is 0.336 e. The van der Waals surface area contributed by atoms with E-state index in [4.69, 9.17) is 4.74 Å². The Labute approximate surface area is 208 Å². The lowest BCUT2D eigenvalue weighted by Gasteiger charge is -2.16. The van der Waals surface area contributed by atoms with E-state index in [1.165, 1.54) is 6.08 Å². The zero-order valence-electron chi connectivity index (χ0n) is 19.3. The molecule has 0 spiro atoms. The van der Waals surface area contributed by atoms with Gasteiger partial charge in [-0.05, 0) is 57.5 Å². The number of rotatable bonds is 6. The number of esters is 1. The predicted molar refractivity (Wildman–Crippen MR) is 143 cm³/mol. The van der Waals surface area contributed by atoms with Crippen LogP contribution in [0.2, 0.25) is 0 Å². The first kappa shape index (κ1) is 22.8. The van der Waals surface area contributed by atoms with E-state index in [0.29, 0.717) is 5.75 Å². The van der Waals surface area contributed by atoms with Gasteiger partial charge in [-0.25, -0.2) is 9.59 Å². The third kappa shape index (κ3) is 4.79. The first-order chi connectivity index (χ1) is 17.6. The summed E-state index contributed by atoms with van der Waals surface area (Å²) in [4.78, 5) is 24.5. The maximum Gasteiger partial charge on any atom is 0.336 e. The maximum atomic E-state index is 12.7. The largest absolute Gasteiger partial charge is 0.478 e. The van der Waals surface area contributed by atoms with Crippen LogP contribution in [0.15, 0.2) is 121 Å². The number of fused-ring (bicyclic) bond motifs is 1. The van der Waals surface area contributed by atoms with Crippen LogP contribution in [-0.2, 0) is 4.79 Å².